The van der Waals surface area contributed by atoms with Crippen LogP contribution in [-0.2, 0) is 16.2 Å². The van der Waals surface area contributed by atoms with Gasteiger partial charge in [0.1, 0.15) is 24.8 Å². The zero-order valence-corrected chi connectivity index (χ0v) is 20.6. The Morgan fingerprint density at radius 2 is 1.69 bits per heavy atom. The minimum atomic E-state index is -0.725. The molecule has 0 aliphatic carbocycles. The average Bonchev–Trinajstić information content (AvgIpc) is 3.08. The lowest BCUT2D eigenvalue weighted by atomic mass is 10.2. The smallest absolute Gasteiger partial charge is 0.294 e. The number of para-hydroxylation sites is 1. The Morgan fingerprint density at radius 1 is 1.03 bits per heavy atom. The lowest BCUT2D eigenvalue weighted by molar-refractivity contribution is -0.127. The van der Waals surface area contributed by atoms with E-state index in [1.54, 1.807) is 12.1 Å². The fourth-order valence-electron chi connectivity index (χ4n) is 3.22. The van der Waals surface area contributed by atoms with Crippen LogP contribution < -0.4 is 10.1 Å². The molecule has 36 heavy (non-hydrogen) atoms. The Morgan fingerprint density at radius 3 is 2.36 bits per heavy atom. The highest BCUT2D eigenvalue weighted by Gasteiger charge is 2.36. The SMILES string of the molecule is O=C(CN1C(=O)S/C(=C\c2cc(Cl)c(OCc3ccc(F)cc3)c(Cl)c2)C1=O)Nc1ccccc1F. The summed E-state index contributed by atoms with van der Waals surface area (Å²) >= 11 is 13.3. The van der Waals surface area contributed by atoms with Gasteiger partial charge < -0.3 is 10.1 Å². The number of anilines is 1. The second kappa shape index (κ2) is 11.1. The molecular formula is C25H16Cl2F2N2O4S. The second-order valence-electron chi connectivity index (χ2n) is 7.52. The molecule has 3 amide bonds. The largest absolute Gasteiger partial charge is 0.486 e. The van der Waals surface area contributed by atoms with Crippen LogP contribution in [0.1, 0.15) is 11.1 Å². The quantitative estimate of drug-likeness (QED) is 0.340. The van der Waals surface area contributed by atoms with Gasteiger partial charge in [-0.25, -0.2) is 8.78 Å². The van der Waals surface area contributed by atoms with Crippen molar-refractivity contribution in [3.05, 3.63) is 98.4 Å². The Hall–Kier alpha value is -3.40. The third-order valence-electron chi connectivity index (χ3n) is 4.94. The Labute approximate surface area is 218 Å². The van der Waals surface area contributed by atoms with Gasteiger partial charge in [-0.3, -0.25) is 19.3 Å². The van der Waals surface area contributed by atoms with Crippen molar-refractivity contribution in [3.63, 3.8) is 0 Å². The van der Waals surface area contributed by atoms with Gasteiger partial charge in [0.15, 0.2) is 5.75 Å². The van der Waals surface area contributed by atoms with E-state index in [-0.39, 0.29) is 38.8 Å². The number of thioether (sulfide) groups is 1. The fourth-order valence-corrected chi connectivity index (χ4v) is 4.67. The molecule has 1 aliphatic rings. The molecule has 0 radical (unpaired) electrons. The van der Waals surface area contributed by atoms with Crippen molar-refractivity contribution in [3.8, 4) is 5.75 Å². The first-order valence-corrected chi connectivity index (χ1v) is 11.9. The maximum absolute atomic E-state index is 13.7. The zero-order valence-electron chi connectivity index (χ0n) is 18.3. The summed E-state index contributed by atoms with van der Waals surface area (Å²) in [5.41, 5.74) is 1.08. The third-order valence-corrected chi connectivity index (χ3v) is 6.41. The van der Waals surface area contributed by atoms with Crippen molar-refractivity contribution in [2.45, 2.75) is 6.61 Å². The summed E-state index contributed by atoms with van der Waals surface area (Å²) < 4.78 is 32.5. The normalized spacial score (nSPS) is 14.4. The van der Waals surface area contributed by atoms with Crippen LogP contribution in [0.25, 0.3) is 6.08 Å². The van der Waals surface area contributed by atoms with Crippen LogP contribution in [0.3, 0.4) is 0 Å². The molecule has 1 N–H and O–H groups in total. The topological polar surface area (TPSA) is 75.7 Å². The summed E-state index contributed by atoms with van der Waals surface area (Å²) in [4.78, 5) is 38.2. The van der Waals surface area contributed by atoms with Crippen molar-refractivity contribution < 1.29 is 27.9 Å². The van der Waals surface area contributed by atoms with Gasteiger partial charge in [0.2, 0.25) is 5.91 Å². The molecular weight excluding hydrogens is 533 g/mol. The van der Waals surface area contributed by atoms with Crippen LogP contribution in [0.15, 0.2) is 65.6 Å². The van der Waals surface area contributed by atoms with Crippen molar-refractivity contribution in [1.29, 1.82) is 0 Å². The maximum Gasteiger partial charge on any atom is 0.294 e. The van der Waals surface area contributed by atoms with E-state index in [1.807, 2.05) is 0 Å². The molecule has 3 aromatic carbocycles. The third kappa shape index (κ3) is 6.04. The molecule has 3 aromatic rings. The first-order chi connectivity index (χ1) is 17.2. The number of benzene rings is 3. The summed E-state index contributed by atoms with van der Waals surface area (Å²) in [5, 5.41) is 2.02. The van der Waals surface area contributed by atoms with Crippen molar-refractivity contribution in [2.24, 2.45) is 0 Å². The Kier molecular flexibility index (Phi) is 7.93. The highest BCUT2D eigenvalue weighted by atomic mass is 35.5. The highest BCUT2D eigenvalue weighted by Crippen LogP contribution is 2.37. The molecule has 1 aliphatic heterocycles. The van der Waals surface area contributed by atoms with E-state index in [0.29, 0.717) is 22.9 Å². The number of hydrogen-bond acceptors (Lipinski definition) is 5. The Bertz CT molecular complexity index is 1360. The summed E-state index contributed by atoms with van der Waals surface area (Å²) in [5.74, 6) is -2.21. The first-order valence-electron chi connectivity index (χ1n) is 10.4. The van der Waals surface area contributed by atoms with E-state index < -0.39 is 29.4 Å². The van der Waals surface area contributed by atoms with Crippen molar-refractivity contribution in [1.82, 2.24) is 4.90 Å². The summed E-state index contributed by atoms with van der Waals surface area (Å²) in [6, 6.07) is 14.3. The van der Waals surface area contributed by atoms with Gasteiger partial charge in [0.05, 0.1) is 20.6 Å². The van der Waals surface area contributed by atoms with Crippen molar-refractivity contribution >= 4 is 63.8 Å². The first kappa shape index (κ1) is 25.7. The van der Waals surface area contributed by atoms with Crippen LogP contribution in [0.2, 0.25) is 10.0 Å². The summed E-state index contributed by atoms with van der Waals surface area (Å²) in [6.45, 7) is -0.471. The number of rotatable bonds is 7. The second-order valence-corrected chi connectivity index (χ2v) is 9.33. The van der Waals surface area contributed by atoms with Gasteiger partial charge in [0.25, 0.3) is 11.1 Å². The predicted molar refractivity (Wildman–Crippen MR) is 135 cm³/mol. The average molecular weight is 549 g/mol. The van der Waals surface area contributed by atoms with Crippen LogP contribution in [0.4, 0.5) is 19.3 Å². The number of carbonyl (C=O) groups is 3. The van der Waals surface area contributed by atoms with E-state index in [2.05, 4.69) is 5.32 Å². The van der Waals surface area contributed by atoms with E-state index in [1.165, 1.54) is 54.6 Å². The van der Waals surface area contributed by atoms with Crippen molar-refractivity contribution in [2.75, 3.05) is 11.9 Å². The summed E-state index contributed by atoms with van der Waals surface area (Å²) in [7, 11) is 0. The standard InChI is InChI=1S/C25H16Cl2F2N2O4S/c26-17-9-15(10-18(27)23(17)35-13-14-5-7-16(28)8-6-14)11-21-24(33)31(25(34)36-21)12-22(32)30-20-4-2-1-3-19(20)29/h1-11H,12-13H2,(H,30,32)/b21-11-. The molecule has 0 saturated carbocycles. The van der Waals surface area contributed by atoms with Crippen LogP contribution in [-0.4, -0.2) is 28.5 Å². The molecule has 0 aromatic heterocycles. The number of carbonyl (C=O) groups excluding carboxylic acids is 3. The lowest BCUT2D eigenvalue weighted by Crippen LogP contribution is -2.36. The minimum Gasteiger partial charge on any atom is -0.486 e. The van der Waals surface area contributed by atoms with Gasteiger partial charge in [-0.05, 0) is 65.4 Å². The number of nitrogens with one attached hydrogen (secondary N) is 1. The van der Waals surface area contributed by atoms with E-state index in [4.69, 9.17) is 27.9 Å². The maximum atomic E-state index is 13.7. The molecule has 11 heteroatoms. The molecule has 0 unspecified atom stereocenters. The lowest BCUT2D eigenvalue weighted by Gasteiger charge is -2.13. The van der Waals surface area contributed by atoms with Gasteiger partial charge in [0, 0.05) is 0 Å². The number of hydrogen-bond donors (Lipinski definition) is 1. The molecule has 184 valence electrons. The van der Waals surface area contributed by atoms with E-state index in [9.17, 15) is 23.2 Å². The molecule has 4 rings (SSSR count). The van der Waals surface area contributed by atoms with Gasteiger partial charge in [-0.15, -0.1) is 0 Å². The van der Waals surface area contributed by atoms with Gasteiger partial charge in [-0.2, -0.15) is 0 Å². The molecule has 0 spiro atoms. The number of amides is 3. The molecule has 0 bridgehead atoms. The van der Waals surface area contributed by atoms with Gasteiger partial charge in [-0.1, -0.05) is 47.5 Å². The summed E-state index contributed by atoms with van der Waals surface area (Å²) in [6.07, 6.45) is 1.42. The van der Waals surface area contributed by atoms with E-state index >= 15 is 0 Å². The number of ether oxygens (including phenoxy) is 1. The van der Waals surface area contributed by atoms with Crippen LogP contribution in [0, 0.1) is 11.6 Å². The molecule has 1 saturated heterocycles. The molecule has 0 atom stereocenters. The monoisotopic (exact) mass is 548 g/mol. The van der Waals surface area contributed by atoms with Gasteiger partial charge >= 0.3 is 0 Å². The molecule has 6 nitrogen and oxygen atoms in total. The van der Waals surface area contributed by atoms with E-state index in [0.717, 1.165) is 4.90 Å². The fraction of sp³-hybridized carbons (Fsp3) is 0.0800. The van der Waals surface area contributed by atoms with Crippen LogP contribution in [0.5, 0.6) is 5.75 Å². The molecule has 1 heterocycles. The Balaban J connectivity index is 1.44. The molecule has 1 fully saturated rings. The number of nitrogens with zero attached hydrogens (tertiary/aromatic N) is 1. The highest BCUT2D eigenvalue weighted by molar-refractivity contribution is 8.18. The van der Waals surface area contributed by atoms with Crippen LogP contribution >= 0.6 is 35.0 Å². The zero-order chi connectivity index (χ0) is 25.8. The number of imide groups is 1. The minimum absolute atomic E-state index is 0.0592. The predicted octanol–water partition coefficient (Wildman–Crippen LogP) is 6.53. The number of halogens is 4.